The van der Waals surface area contributed by atoms with Gasteiger partial charge in [-0.2, -0.15) is 5.26 Å². The molecule has 0 atom stereocenters. The van der Waals surface area contributed by atoms with Gasteiger partial charge in [0.1, 0.15) is 5.82 Å². The summed E-state index contributed by atoms with van der Waals surface area (Å²) < 4.78 is 40.1. The van der Waals surface area contributed by atoms with Gasteiger partial charge in [0, 0.05) is 4.47 Å². The van der Waals surface area contributed by atoms with E-state index in [9.17, 15) is 12.8 Å². The number of halogens is 2. The van der Waals surface area contributed by atoms with Gasteiger partial charge in [-0.25, -0.2) is 12.8 Å². The van der Waals surface area contributed by atoms with Gasteiger partial charge in [-0.05, 0) is 51.8 Å². The number of sulfonamides is 1. The molecule has 2 aromatic rings. The van der Waals surface area contributed by atoms with Gasteiger partial charge in [0.05, 0.1) is 23.1 Å². The smallest absolute Gasteiger partial charge is 0.261 e. The van der Waals surface area contributed by atoms with Crippen molar-refractivity contribution < 1.29 is 12.8 Å². The SMILES string of the molecule is N#CCc1ccc(S(=O)(=O)Nc2ccc(F)cc2Br)cc1. The van der Waals surface area contributed by atoms with E-state index in [0.717, 1.165) is 5.56 Å². The Morgan fingerprint density at radius 2 is 1.86 bits per heavy atom. The van der Waals surface area contributed by atoms with Crippen molar-refractivity contribution in [1.29, 1.82) is 5.26 Å². The molecule has 0 unspecified atom stereocenters. The van der Waals surface area contributed by atoms with Crippen molar-refractivity contribution in [2.24, 2.45) is 0 Å². The molecular weight excluding hydrogens is 359 g/mol. The third kappa shape index (κ3) is 3.80. The lowest BCUT2D eigenvalue weighted by Crippen LogP contribution is -2.13. The van der Waals surface area contributed by atoms with Crippen LogP contribution in [0.1, 0.15) is 5.56 Å². The predicted octanol–water partition coefficient (Wildman–Crippen LogP) is 3.46. The summed E-state index contributed by atoms with van der Waals surface area (Å²) in [6.07, 6.45) is 0.220. The summed E-state index contributed by atoms with van der Waals surface area (Å²) in [5.74, 6) is -0.467. The topological polar surface area (TPSA) is 70.0 Å². The Balaban J connectivity index is 2.27. The first kappa shape index (κ1) is 15.5. The molecule has 0 aliphatic rings. The second kappa shape index (κ2) is 6.24. The van der Waals surface area contributed by atoms with Crippen LogP contribution in [0.4, 0.5) is 10.1 Å². The maximum absolute atomic E-state index is 13.0. The van der Waals surface area contributed by atoms with Crippen LogP contribution in [0.25, 0.3) is 0 Å². The number of anilines is 1. The molecule has 7 heteroatoms. The molecule has 0 aliphatic heterocycles. The molecule has 108 valence electrons. The van der Waals surface area contributed by atoms with Gasteiger partial charge in [-0.3, -0.25) is 4.72 Å². The summed E-state index contributed by atoms with van der Waals surface area (Å²) in [6, 6.07) is 11.7. The Bertz CT molecular complexity index is 799. The molecule has 2 rings (SSSR count). The van der Waals surface area contributed by atoms with E-state index in [-0.39, 0.29) is 17.0 Å². The lowest BCUT2D eigenvalue weighted by atomic mass is 10.2. The van der Waals surface area contributed by atoms with Crippen molar-refractivity contribution in [2.45, 2.75) is 11.3 Å². The standard InChI is InChI=1S/C14H10BrFN2O2S/c15-13-9-11(16)3-6-14(13)18-21(19,20)12-4-1-10(2-5-12)7-8-17/h1-6,9,18H,7H2. The van der Waals surface area contributed by atoms with Crippen molar-refractivity contribution in [2.75, 3.05) is 4.72 Å². The highest BCUT2D eigenvalue weighted by Crippen LogP contribution is 2.25. The van der Waals surface area contributed by atoms with E-state index in [1.165, 1.54) is 30.3 Å². The highest BCUT2D eigenvalue weighted by molar-refractivity contribution is 9.10. The number of nitriles is 1. The minimum atomic E-state index is -3.77. The number of hydrogen-bond donors (Lipinski definition) is 1. The van der Waals surface area contributed by atoms with Crippen LogP contribution in [0, 0.1) is 17.1 Å². The Kier molecular flexibility index (Phi) is 4.60. The molecule has 0 heterocycles. The average molecular weight is 369 g/mol. The summed E-state index contributed by atoms with van der Waals surface area (Å²) in [6.45, 7) is 0. The quantitative estimate of drug-likeness (QED) is 0.898. The molecule has 2 aromatic carbocycles. The molecule has 0 saturated carbocycles. The lowest BCUT2D eigenvalue weighted by molar-refractivity contribution is 0.601. The zero-order chi connectivity index (χ0) is 15.5. The van der Waals surface area contributed by atoms with Crippen LogP contribution in [0.5, 0.6) is 0 Å². The third-order valence-corrected chi connectivity index (χ3v) is 4.73. The first-order valence-corrected chi connectivity index (χ1v) is 8.14. The van der Waals surface area contributed by atoms with Crippen LogP contribution in [0.2, 0.25) is 0 Å². The average Bonchev–Trinajstić information content (AvgIpc) is 2.43. The summed E-state index contributed by atoms with van der Waals surface area (Å²) in [5.41, 5.74) is 0.983. The maximum Gasteiger partial charge on any atom is 0.261 e. The summed E-state index contributed by atoms with van der Waals surface area (Å²) in [7, 11) is -3.77. The minimum Gasteiger partial charge on any atom is -0.278 e. The fraction of sp³-hybridized carbons (Fsp3) is 0.0714. The van der Waals surface area contributed by atoms with Crippen molar-refractivity contribution in [3.05, 3.63) is 58.3 Å². The molecule has 0 radical (unpaired) electrons. The molecule has 0 spiro atoms. The maximum atomic E-state index is 13.0. The van der Waals surface area contributed by atoms with Crippen LogP contribution in [0.3, 0.4) is 0 Å². The molecule has 0 aliphatic carbocycles. The summed E-state index contributed by atoms with van der Waals surface area (Å²) in [5, 5.41) is 8.58. The molecular formula is C14H10BrFN2O2S. The van der Waals surface area contributed by atoms with Gasteiger partial charge in [-0.15, -0.1) is 0 Å². The monoisotopic (exact) mass is 368 g/mol. The van der Waals surface area contributed by atoms with E-state index in [4.69, 9.17) is 5.26 Å². The van der Waals surface area contributed by atoms with Gasteiger partial charge in [0.25, 0.3) is 10.0 Å². The third-order valence-electron chi connectivity index (χ3n) is 2.69. The van der Waals surface area contributed by atoms with Gasteiger partial charge < -0.3 is 0 Å². The van der Waals surface area contributed by atoms with Gasteiger partial charge in [0.2, 0.25) is 0 Å². The minimum absolute atomic E-state index is 0.0698. The van der Waals surface area contributed by atoms with Gasteiger partial charge in [-0.1, -0.05) is 12.1 Å². The van der Waals surface area contributed by atoms with Gasteiger partial charge in [0.15, 0.2) is 0 Å². The number of rotatable bonds is 4. The number of nitrogens with zero attached hydrogens (tertiary/aromatic N) is 1. The van der Waals surface area contributed by atoms with E-state index >= 15 is 0 Å². The van der Waals surface area contributed by atoms with Crippen LogP contribution in [-0.4, -0.2) is 8.42 Å². The van der Waals surface area contributed by atoms with E-state index in [2.05, 4.69) is 20.7 Å². The molecule has 1 N–H and O–H groups in total. The molecule has 4 nitrogen and oxygen atoms in total. The fourth-order valence-corrected chi connectivity index (χ4v) is 3.31. The number of benzene rings is 2. The van der Waals surface area contributed by atoms with Crippen molar-refractivity contribution in [3.63, 3.8) is 0 Å². The number of nitrogens with one attached hydrogen (secondary N) is 1. The molecule has 0 aromatic heterocycles. The fourth-order valence-electron chi connectivity index (χ4n) is 1.65. The van der Waals surface area contributed by atoms with Crippen molar-refractivity contribution in [1.82, 2.24) is 0 Å². The second-order valence-corrected chi connectivity index (χ2v) is 6.75. The first-order valence-electron chi connectivity index (χ1n) is 5.86. The van der Waals surface area contributed by atoms with Gasteiger partial charge >= 0.3 is 0 Å². The summed E-state index contributed by atoms with van der Waals surface area (Å²) >= 11 is 3.10. The second-order valence-electron chi connectivity index (χ2n) is 4.21. The molecule has 0 fully saturated rings. The van der Waals surface area contributed by atoms with Crippen molar-refractivity contribution >= 4 is 31.6 Å². The molecule has 0 saturated heterocycles. The predicted molar refractivity (Wildman–Crippen MR) is 80.7 cm³/mol. The number of hydrogen-bond acceptors (Lipinski definition) is 3. The van der Waals surface area contributed by atoms with E-state index in [1.54, 1.807) is 12.1 Å². The highest BCUT2D eigenvalue weighted by Gasteiger charge is 2.15. The summed E-state index contributed by atoms with van der Waals surface area (Å²) in [4.78, 5) is 0.0698. The van der Waals surface area contributed by atoms with Crippen LogP contribution < -0.4 is 4.72 Å². The van der Waals surface area contributed by atoms with E-state index in [1.807, 2.05) is 6.07 Å². The normalized spacial score (nSPS) is 10.9. The molecule has 0 amide bonds. The zero-order valence-electron chi connectivity index (χ0n) is 10.7. The highest BCUT2D eigenvalue weighted by atomic mass is 79.9. The van der Waals surface area contributed by atoms with E-state index in [0.29, 0.717) is 4.47 Å². The Morgan fingerprint density at radius 3 is 2.43 bits per heavy atom. The van der Waals surface area contributed by atoms with Crippen LogP contribution in [0.15, 0.2) is 51.8 Å². The Hall–Kier alpha value is -1.91. The molecule has 0 bridgehead atoms. The van der Waals surface area contributed by atoms with Crippen molar-refractivity contribution in [3.8, 4) is 6.07 Å². The lowest BCUT2D eigenvalue weighted by Gasteiger charge is -2.10. The Labute approximate surface area is 130 Å². The van der Waals surface area contributed by atoms with Crippen LogP contribution in [-0.2, 0) is 16.4 Å². The largest absolute Gasteiger partial charge is 0.278 e. The zero-order valence-corrected chi connectivity index (χ0v) is 13.1. The molecule has 21 heavy (non-hydrogen) atoms. The van der Waals surface area contributed by atoms with E-state index < -0.39 is 15.8 Å². The first-order chi connectivity index (χ1) is 9.92. The Morgan fingerprint density at radius 1 is 1.19 bits per heavy atom. The van der Waals surface area contributed by atoms with Crippen LogP contribution >= 0.6 is 15.9 Å².